The van der Waals surface area contributed by atoms with Crippen LogP contribution in [0.2, 0.25) is 0 Å². The summed E-state index contributed by atoms with van der Waals surface area (Å²) < 4.78 is 32.4. The first-order chi connectivity index (χ1) is 7.87. The van der Waals surface area contributed by atoms with E-state index in [9.17, 15) is 13.5 Å². The lowest BCUT2D eigenvalue weighted by Crippen LogP contribution is -2.13. The quantitative estimate of drug-likeness (QED) is 0.847. The Bertz CT molecular complexity index is 481. The number of hydrogen-bond donors (Lipinski definition) is 1. The third kappa shape index (κ3) is 3.90. The molecule has 0 aliphatic carbocycles. The summed E-state index contributed by atoms with van der Waals surface area (Å²) in [6, 6.07) is 4.86. The minimum absolute atomic E-state index is 0.351. The van der Waals surface area contributed by atoms with Crippen LogP contribution in [0.25, 0.3) is 0 Å². The number of methoxy groups -OCH3 is 2. The molecule has 96 valence electrons. The second-order valence-electron chi connectivity index (χ2n) is 3.72. The molecule has 0 aliphatic heterocycles. The third-order valence-electron chi connectivity index (χ3n) is 2.26. The molecular formula is C11H16O5S. The molecule has 1 atom stereocenters. The number of hydrogen-bond acceptors (Lipinski definition) is 5. The average molecular weight is 260 g/mol. The van der Waals surface area contributed by atoms with Gasteiger partial charge >= 0.3 is 0 Å². The van der Waals surface area contributed by atoms with Crippen LogP contribution in [-0.2, 0) is 9.84 Å². The van der Waals surface area contributed by atoms with Crippen molar-refractivity contribution in [3.63, 3.8) is 0 Å². The summed E-state index contributed by atoms with van der Waals surface area (Å²) in [5.74, 6) is 0.617. The predicted molar refractivity (Wildman–Crippen MR) is 64.2 cm³/mol. The van der Waals surface area contributed by atoms with Crippen LogP contribution < -0.4 is 9.47 Å². The number of benzene rings is 1. The number of aliphatic hydroxyl groups is 1. The van der Waals surface area contributed by atoms with Crippen LogP contribution in [0, 0.1) is 0 Å². The molecule has 6 heteroatoms. The minimum atomic E-state index is -3.26. The Hall–Kier alpha value is -1.27. The van der Waals surface area contributed by atoms with Crippen molar-refractivity contribution in [1.29, 1.82) is 0 Å². The van der Waals surface area contributed by atoms with E-state index < -0.39 is 15.9 Å². The predicted octanol–water partition coefficient (Wildman–Crippen LogP) is 0.782. The van der Waals surface area contributed by atoms with Crippen molar-refractivity contribution < 1.29 is 23.0 Å². The molecule has 0 amide bonds. The van der Waals surface area contributed by atoms with E-state index in [0.717, 1.165) is 6.26 Å². The van der Waals surface area contributed by atoms with E-state index in [1.165, 1.54) is 14.2 Å². The van der Waals surface area contributed by atoms with Crippen molar-refractivity contribution in [3.05, 3.63) is 23.8 Å². The largest absolute Gasteiger partial charge is 0.497 e. The minimum Gasteiger partial charge on any atom is -0.497 e. The van der Waals surface area contributed by atoms with E-state index in [-0.39, 0.29) is 5.75 Å². The van der Waals surface area contributed by atoms with E-state index >= 15 is 0 Å². The molecule has 0 spiro atoms. The SMILES string of the molecule is COc1ccc(OC)c(C(O)CS(C)(=O)=O)c1. The molecule has 0 fully saturated rings. The Morgan fingerprint density at radius 1 is 1.29 bits per heavy atom. The van der Waals surface area contributed by atoms with Gasteiger partial charge in [0.2, 0.25) is 0 Å². The van der Waals surface area contributed by atoms with E-state index in [1.807, 2.05) is 0 Å². The molecule has 1 rings (SSSR count). The van der Waals surface area contributed by atoms with Crippen LogP contribution in [0.1, 0.15) is 11.7 Å². The van der Waals surface area contributed by atoms with Gasteiger partial charge in [-0.15, -0.1) is 0 Å². The number of aliphatic hydroxyl groups excluding tert-OH is 1. The van der Waals surface area contributed by atoms with Gasteiger partial charge in [-0.2, -0.15) is 0 Å². The molecule has 1 unspecified atom stereocenters. The Labute approximate surface area is 101 Å². The molecule has 0 saturated heterocycles. The van der Waals surface area contributed by atoms with E-state index in [0.29, 0.717) is 17.1 Å². The zero-order chi connectivity index (χ0) is 13.1. The highest BCUT2D eigenvalue weighted by Crippen LogP contribution is 2.29. The van der Waals surface area contributed by atoms with Crippen LogP contribution in [0.15, 0.2) is 18.2 Å². The van der Waals surface area contributed by atoms with E-state index in [1.54, 1.807) is 18.2 Å². The van der Waals surface area contributed by atoms with Crippen molar-refractivity contribution in [2.24, 2.45) is 0 Å². The van der Waals surface area contributed by atoms with Gasteiger partial charge in [0.15, 0.2) is 0 Å². The molecule has 17 heavy (non-hydrogen) atoms. The van der Waals surface area contributed by atoms with Crippen LogP contribution in [0.4, 0.5) is 0 Å². The highest BCUT2D eigenvalue weighted by molar-refractivity contribution is 7.90. The van der Waals surface area contributed by atoms with Crippen LogP contribution >= 0.6 is 0 Å². The van der Waals surface area contributed by atoms with Crippen molar-refractivity contribution in [3.8, 4) is 11.5 Å². The van der Waals surface area contributed by atoms with Gasteiger partial charge in [0.1, 0.15) is 21.3 Å². The van der Waals surface area contributed by atoms with Gasteiger partial charge in [-0.1, -0.05) is 0 Å². The Kier molecular flexibility index (Phi) is 4.36. The zero-order valence-corrected chi connectivity index (χ0v) is 10.8. The summed E-state index contributed by atoms with van der Waals surface area (Å²) in [7, 11) is -0.311. The average Bonchev–Trinajstić information content (AvgIpc) is 2.25. The second kappa shape index (κ2) is 5.37. The first-order valence-electron chi connectivity index (χ1n) is 4.95. The summed E-state index contributed by atoms with van der Waals surface area (Å²) in [4.78, 5) is 0. The maximum Gasteiger partial charge on any atom is 0.150 e. The summed E-state index contributed by atoms with van der Waals surface area (Å²) >= 11 is 0. The molecule has 1 aromatic carbocycles. The normalized spacial score (nSPS) is 13.2. The van der Waals surface area contributed by atoms with Gasteiger partial charge < -0.3 is 14.6 Å². The topological polar surface area (TPSA) is 72.8 Å². The Balaban J connectivity index is 3.09. The summed E-state index contributed by atoms with van der Waals surface area (Å²) in [6.07, 6.45) is -0.0573. The molecule has 1 N–H and O–H groups in total. The molecule has 0 heterocycles. The number of sulfone groups is 1. The highest BCUT2D eigenvalue weighted by Gasteiger charge is 2.19. The molecule has 0 aromatic heterocycles. The van der Waals surface area contributed by atoms with Gasteiger partial charge in [0.05, 0.1) is 26.1 Å². The molecular weight excluding hydrogens is 244 g/mol. The molecule has 0 aliphatic rings. The van der Waals surface area contributed by atoms with Gasteiger partial charge in [0.25, 0.3) is 0 Å². The lowest BCUT2D eigenvalue weighted by atomic mass is 10.1. The monoisotopic (exact) mass is 260 g/mol. The number of ether oxygens (including phenoxy) is 2. The van der Waals surface area contributed by atoms with Crippen LogP contribution in [-0.4, -0.2) is 39.8 Å². The fourth-order valence-electron chi connectivity index (χ4n) is 1.48. The lowest BCUT2D eigenvalue weighted by molar-refractivity contribution is 0.196. The van der Waals surface area contributed by atoms with Gasteiger partial charge in [-0.3, -0.25) is 0 Å². The summed E-state index contributed by atoms with van der Waals surface area (Å²) in [5.41, 5.74) is 0.400. The molecule has 0 saturated carbocycles. The smallest absolute Gasteiger partial charge is 0.150 e. The van der Waals surface area contributed by atoms with Crippen molar-refractivity contribution in [2.75, 3.05) is 26.2 Å². The van der Waals surface area contributed by atoms with E-state index in [4.69, 9.17) is 9.47 Å². The fourth-order valence-corrected chi connectivity index (χ4v) is 2.23. The van der Waals surface area contributed by atoms with Crippen LogP contribution in [0.3, 0.4) is 0 Å². The zero-order valence-electron chi connectivity index (χ0n) is 10.0. The Morgan fingerprint density at radius 2 is 1.94 bits per heavy atom. The summed E-state index contributed by atoms with van der Waals surface area (Å²) in [5, 5.41) is 9.87. The number of rotatable bonds is 5. The highest BCUT2D eigenvalue weighted by atomic mass is 32.2. The van der Waals surface area contributed by atoms with E-state index in [2.05, 4.69) is 0 Å². The molecule has 0 bridgehead atoms. The Morgan fingerprint density at radius 3 is 2.41 bits per heavy atom. The van der Waals surface area contributed by atoms with Crippen molar-refractivity contribution in [1.82, 2.24) is 0 Å². The van der Waals surface area contributed by atoms with Gasteiger partial charge in [-0.25, -0.2) is 8.42 Å². The van der Waals surface area contributed by atoms with Crippen molar-refractivity contribution >= 4 is 9.84 Å². The first kappa shape index (κ1) is 13.8. The lowest BCUT2D eigenvalue weighted by Gasteiger charge is -2.15. The fraction of sp³-hybridized carbons (Fsp3) is 0.455. The second-order valence-corrected chi connectivity index (χ2v) is 5.90. The maximum atomic E-state index is 11.1. The molecule has 5 nitrogen and oxygen atoms in total. The van der Waals surface area contributed by atoms with Crippen molar-refractivity contribution in [2.45, 2.75) is 6.10 Å². The maximum absolute atomic E-state index is 11.1. The van der Waals surface area contributed by atoms with Crippen LogP contribution in [0.5, 0.6) is 11.5 Å². The van der Waals surface area contributed by atoms with Gasteiger partial charge in [0, 0.05) is 11.8 Å². The van der Waals surface area contributed by atoms with Gasteiger partial charge in [-0.05, 0) is 18.2 Å². The summed E-state index contributed by atoms with van der Waals surface area (Å²) in [6.45, 7) is 0. The molecule has 0 radical (unpaired) electrons. The standard InChI is InChI=1S/C11H16O5S/c1-15-8-4-5-11(16-2)9(6-8)10(12)7-17(3,13)14/h4-6,10,12H,7H2,1-3H3. The third-order valence-corrected chi connectivity index (χ3v) is 3.18. The molecule has 1 aromatic rings. The first-order valence-corrected chi connectivity index (χ1v) is 7.01.